The van der Waals surface area contributed by atoms with Crippen LogP contribution in [0.3, 0.4) is 0 Å². The first-order valence-electron chi connectivity index (χ1n) is 8.90. The molecular formula is C23H24N2O2. The molecule has 4 heteroatoms. The van der Waals surface area contributed by atoms with Crippen LogP contribution >= 0.6 is 0 Å². The number of carbonyl (C=O) groups excluding carboxylic acids is 1. The van der Waals surface area contributed by atoms with Crippen molar-refractivity contribution < 1.29 is 9.53 Å². The van der Waals surface area contributed by atoms with Gasteiger partial charge in [0, 0.05) is 28.9 Å². The number of hydrogen-bond acceptors (Lipinski definition) is 3. The van der Waals surface area contributed by atoms with Gasteiger partial charge in [0.2, 0.25) is 0 Å². The van der Waals surface area contributed by atoms with Crippen molar-refractivity contribution in [1.29, 1.82) is 0 Å². The highest BCUT2D eigenvalue weighted by Gasteiger charge is 2.11. The molecule has 0 fully saturated rings. The van der Waals surface area contributed by atoms with Crippen molar-refractivity contribution in [2.24, 2.45) is 4.99 Å². The lowest BCUT2D eigenvalue weighted by molar-refractivity contribution is 0.0601. The second-order valence-corrected chi connectivity index (χ2v) is 6.68. The number of carbonyl (C=O) groups is 1. The maximum atomic E-state index is 11.6. The van der Waals surface area contributed by atoms with Crippen LogP contribution in [0.1, 0.15) is 38.4 Å². The Morgan fingerprint density at radius 1 is 1.04 bits per heavy atom. The van der Waals surface area contributed by atoms with E-state index in [2.05, 4.69) is 44.4 Å². The fraction of sp³-hybridized carbons (Fsp3) is 0.217. The number of hydrogen-bond donors (Lipinski definition) is 0. The summed E-state index contributed by atoms with van der Waals surface area (Å²) in [6.45, 7) is 8.33. The predicted molar refractivity (Wildman–Crippen MR) is 110 cm³/mol. The number of aryl methyl sites for hydroxylation is 2. The summed E-state index contributed by atoms with van der Waals surface area (Å²) < 4.78 is 6.92. The van der Waals surface area contributed by atoms with Gasteiger partial charge >= 0.3 is 5.97 Å². The van der Waals surface area contributed by atoms with Crippen LogP contribution < -0.4 is 0 Å². The normalized spacial score (nSPS) is 11.1. The third-order valence-corrected chi connectivity index (χ3v) is 4.94. The number of aromatic nitrogens is 1. The summed E-state index contributed by atoms with van der Waals surface area (Å²) in [5.74, 6) is -0.330. The minimum Gasteiger partial charge on any atom is -0.465 e. The number of rotatable bonds is 4. The Morgan fingerprint density at radius 3 is 2.41 bits per heavy atom. The minimum absolute atomic E-state index is 0.330. The maximum Gasteiger partial charge on any atom is 0.337 e. The van der Waals surface area contributed by atoms with Gasteiger partial charge in [-0.2, -0.15) is 0 Å². The van der Waals surface area contributed by atoms with Crippen LogP contribution in [0.2, 0.25) is 0 Å². The average Bonchev–Trinajstić information content (AvgIpc) is 2.96. The molecule has 3 rings (SSSR count). The molecule has 0 aliphatic heterocycles. The molecule has 0 unspecified atom stereocenters. The Morgan fingerprint density at radius 2 is 1.74 bits per heavy atom. The minimum atomic E-state index is -0.330. The fourth-order valence-corrected chi connectivity index (χ4v) is 3.19. The molecule has 0 saturated carbocycles. The standard InChI is InChI=1S/C23H24N2O2/c1-15-7-6-8-22(17(15)3)24-14-20-13-16(2)25(18(20)4)21-11-9-19(10-12-21)23(26)27-5/h6-14H,1-5H3. The molecule has 0 aliphatic rings. The van der Waals surface area contributed by atoms with Crippen LogP contribution in [0, 0.1) is 27.7 Å². The van der Waals surface area contributed by atoms with Crippen LogP contribution in [-0.2, 0) is 4.74 Å². The highest BCUT2D eigenvalue weighted by Crippen LogP contribution is 2.23. The third-order valence-electron chi connectivity index (χ3n) is 4.94. The van der Waals surface area contributed by atoms with Crippen molar-refractivity contribution in [1.82, 2.24) is 4.57 Å². The van der Waals surface area contributed by atoms with Crippen molar-refractivity contribution >= 4 is 17.9 Å². The molecule has 0 N–H and O–H groups in total. The van der Waals surface area contributed by atoms with Gasteiger partial charge < -0.3 is 9.30 Å². The Balaban J connectivity index is 1.94. The molecular weight excluding hydrogens is 336 g/mol. The number of ether oxygens (including phenoxy) is 1. The molecule has 0 aliphatic carbocycles. The first kappa shape index (κ1) is 18.6. The van der Waals surface area contributed by atoms with Crippen molar-refractivity contribution in [2.45, 2.75) is 27.7 Å². The van der Waals surface area contributed by atoms with Crippen LogP contribution in [0.5, 0.6) is 0 Å². The van der Waals surface area contributed by atoms with Crippen LogP contribution in [0.15, 0.2) is 53.5 Å². The van der Waals surface area contributed by atoms with Gasteiger partial charge in [0.05, 0.1) is 18.4 Å². The molecule has 1 aromatic heterocycles. The smallest absolute Gasteiger partial charge is 0.337 e. The molecule has 1 heterocycles. The summed E-state index contributed by atoms with van der Waals surface area (Å²) in [6.07, 6.45) is 1.92. The lowest BCUT2D eigenvalue weighted by Gasteiger charge is -2.10. The average molecular weight is 360 g/mol. The van der Waals surface area contributed by atoms with E-state index in [1.54, 1.807) is 12.1 Å². The monoisotopic (exact) mass is 360 g/mol. The van der Waals surface area contributed by atoms with Crippen molar-refractivity contribution in [3.05, 3.63) is 82.2 Å². The zero-order chi connectivity index (χ0) is 19.6. The van der Waals surface area contributed by atoms with E-state index in [-0.39, 0.29) is 5.97 Å². The van der Waals surface area contributed by atoms with E-state index >= 15 is 0 Å². The van der Waals surface area contributed by atoms with Gasteiger partial charge in [-0.15, -0.1) is 0 Å². The molecule has 0 atom stereocenters. The van der Waals surface area contributed by atoms with Gasteiger partial charge in [0.1, 0.15) is 0 Å². The summed E-state index contributed by atoms with van der Waals surface area (Å²) in [5.41, 5.74) is 8.26. The summed E-state index contributed by atoms with van der Waals surface area (Å²) in [4.78, 5) is 16.3. The molecule has 0 amide bonds. The largest absolute Gasteiger partial charge is 0.465 e. The Hall–Kier alpha value is -3.14. The third kappa shape index (κ3) is 3.70. The van der Waals surface area contributed by atoms with E-state index < -0.39 is 0 Å². The van der Waals surface area contributed by atoms with Gasteiger partial charge in [0.25, 0.3) is 0 Å². The molecule has 4 nitrogen and oxygen atoms in total. The number of aliphatic imine (C=N–C) groups is 1. The van der Waals surface area contributed by atoms with Crippen LogP contribution in [0.4, 0.5) is 5.69 Å². The van der Waals surface area contributed by atoms with E-state index in [1.165, 1.54) is 18.2 Å². The number of esters is 1. The molecule has 3 aromatic rings. The fourth-order valence-electron chi connectivity index (χ4n) is 3.19. The van der Waals surface area contributed by atoms with Gasteiger partial charge in [-0.05, 0) is 75.2 Å². The quantitative estimate of drug-likeness (QED) is 0.471. The molecule has 2 aromatic carbocycles. The number of benzene rings is 2. The molecule has 0 spiro atoms. The summed E-state index contributed by atoms with van der Waals surface area (Å²) in [7, 11) is 1.39. The zero-order valence-corrected chi connectivity index (χ0v) is 16.4. The van der Waals surface area contributed by atoms with E-state index in [1.807, 2.05) is 30.5 Å². The molecule has 0 saturated heterocycles. The topological polar surface area (TPSA) is 43.6 Å². The zero-order valence-electron chi connectivity index (χ0n) is 16.4. The summed E-state index contributed by atoms with van der Waals surface area (Å²) in [5, 5.41) is 0. The Bertz CT molecular complexity index is 1010. The van der Waals surface area contributed by atoms with Crippen molar-refractivity contribution in [2.75, 3.05) is 7.11 Å². The summed E-state index contributed by atoms with van der Waals surface area (Å²) in [6, 6.07) is 15.7. The van der Waals surface area contributed by atoms with Gasteiger partial charge in [0.15, 0.2) is 0 Å². The van der Waals surface area contributed by atoms with Gasteiger partial charge in [-0.25, -0.2) is 4.79 Å². The lowest BCUT2D eigenvalue weighted by Crippen LogP contribution is -2.03. The molecule has 138 valence electrons. The van der Waals surface area contributed by atoms with E-state index in [0.717, 1.165) is 28.3 Å². The first-order chi connectivity index (χ1) is 12.9. The first-order valence-corrected chi connectivity index (χ1v) is 8.90. The number of nitrogens with zero attached hydrogens (tertiary/aromatic N) is 2. The lowest BCUT2D eigenvalue weighted by atomic mass is 10.1. The second kappa shape index (κ2) is 7.62. The van der Waals surface area contributed by atoms with Gasteiger partial charge in [-0.3, -0.25) is 4.99 Å². The predicted octanol–water partition coefficient (Wildman–Crippen LogP) is 5.25. The number of methoxy groups -OCH3 is 1. The Kier molecular flexibility index (Phi) is 5.26. The van der Waals surface area contributed by atoms with E-state index in [9.17, 15) is 4.79 Å². The molecule has 27 heavy (non-hydrogen) atoms. The Labute approximate surface area is 160 Å². The molecule has 0 radical (unpaired) electrons. The SMILES string of the molecule is COC(=O)c1ccc(-n2c(C)cc(C=Nc3cccc(C)c3C)c2C)cc1. The second-order valence-electron chi connectivity index (χ2n) is 6.68. The maximum absolute atomic E-state index is 11.6. The highest BCUT2D eigenvalue weighted by molar-refractivity contribution is 5.89. The van der Waals surface area contributed by atoms with Crippen LogP contribution in [0.25, 0.3) is 5.69 Å². The van der Waals surface area contributed by atoms with Crippen molar-refractivity contribution in [3.8, 4) is 5.69 Å². The van der Waals surface area contributed by atoms with Crippen molar-refractivity contribution in [3.63, 3.8) is 0 Å². The molecule has 0 bridgehead atoms. The van der Waals surface area contributed by atoms with E-state index in [4.69, 9.17) is 9.73 Å². The van der Waals surface area contributed by atoms with Crippen LogP contribution in [-0.4, -0.2) is 23.9 Å². The highest BCUT2D eigenvalue weighted by atomic mass is 16.5. The summed E-state index contributed by atoms with van der Waals surface area (Å²) >= 11 is 0. The van der Waals surface area contributed by atoms with Gasteiger partial charge in [-0.1, -0.05) is 12.1 Å². The van der Waals surface area contributed by atoms with E-state index in [0.29, 0.717) is 5.56 Å².